The largest absolute Gasteiger partial charge is 0.495 e. The Morgan fingerprint density at radius 1 is 1.14 bits per heavy atom. The molecule has 3 N–H and O–H groups in total. The van der Waals surface area contributed by atoms with Gasteiger partial charge in [-0.25, -0.2) is 5.43 Å². The van der Waals surface area contributed by atoms with Gasteiger partial charge in [0.15, 0.2) is 0 Å². The molecule has 1 atom stereocenters. The third-order valence-electron chi connectivity index (χ3n) is 3.10. The van der Waals surface area contributed by atoms with Gasteiger partial charge in [-0.1, -0.05) is 12.1 Å². The highest BCUT2D eigenvalue weighted by atomic mass is 16.5. The van der Waals surface area contributed by atoms with Crippen LogP contribution in [-0.2, 0) is 0 Å². The van der Waals surface area contributed by atoms with Gasteiger partial charge >= 0.3 is 0 Å². The Kier molecular flexibility index (Phi) is 5.14. The number of nitrogens with one attached hydrogen (secondary N) is 1. The first-order valence-electron chi connectivity index (χ1n) is 6.86. The van der Waals surface area contributed by atoms with Crippen molar-refractivity contribution in [1.29, 1.82) is 0 Å². The Hall–Kier alpha value is -2.11. The summed E-state index contributed by atoms with van der Waals surface area (Å²) in [5.41, 5.74) is 4.78. The van der Waals surface area contributed by atoms with Crippen LogP contribution in [0.25, 0.3) is 0 Å². The zero-order chi connectivity index (χ0) is 15.2. The Morgan fingerprint density at radius 2 is 1.86 bits per heavy atom. The first-order valence-corrected chi connectivity index (χ1v) is 6.86. The van der Waals surface area contributed by atoms with Crippen LogP contribution in [0.3, 0.4) is 0 Å². The number of pyridine rings is 1. The minimum atomic E-state index is -0.170. The summed E-state index contributed by atoms with van der Waals surface area (Å²) in [7, 11) is 1.62. The standard InChI is InChI=1S/C16H21N3O2/c1-11(2)21-13-6-4-12(5-7-13)16(19-17)14-8-9-18-10-15(14)20-3/h4-11,16,19H,17H2,1-3H3. The second-order valence-electron chi connectivity index (χ2n) is 4.95. The number of ether oxygens (including phenoxy) is 2. The van der Waals surface area contributed by atoms with E-state index in [1.54, 1.807) is 19.5 Å². The smallest absolute Gasteiger partial charge is 0.142 e. The number of nitrogens with zero attached hydrogens (tertiary/aromatic N) is 1. The van der Waals surface area contributed by atoms with E-state index in [-0.39, 0.29) is 12.1 Å². The Labute approximate surface area is 125 Å². The van der Waals surface area contributed by atoms with Crippen LogP contribution >= 0.6 is 0 Å². The summed E-state index contributed by atoms with van der Waals surface area (Å²) in [6.45, 7) is 4.00. The molecule has 1 aromatic heterocycles. The van der Waals surface area contributed by atoms with E-state index >= 15 is 0 Å². The predicted octanol–water partition coefficient (Wildman–Crippen LogP) is 2.43. The highest BCUT2D eigenvalue weighted by molar-refractivity contribution is 5.41. The van der Waals surface area contributed by atoms with Gasteiger partial charge < -0.3 is 9.47 Å². The molecule has 0 radical (unpaired) electrons. The number of methoxy groups -OCH3 is 1. The summed E-state index contributed by atoms with van der Waals surface area (Å²) in [5, 5.41) is 0. The lowest BCUT2D eigenvalue weighted by Gasteiger charge is -2.19. The molecule has 0 saturated carbocycles. The van der Waals surface area contributed by atoms with Crippen LogP contribution < -0.4 is 20.7 Å². The van der Waals surface area contributed by atoms with Crippen LogP contribution in [0.15, 0.2) is 42.7 Å². The molecule has 0 amide bonds. The molecule has 0 aliphatic carbocycles. The van der Waals surface area contributed by atoms with Gasteiger partial charge in [0.1, 0.15) is 11.5 Å². The normalized spacial score (nSPS) is 12.2. The third kappa shape index (κ3) is 3.71. The molecule has 1 heterocycles. The number of aromatic nitrogens is 1. The number of hydrazine groups is 1. The highest BCUT2D eigenvalue weighted by Gasteiger charge is 2.17. The minimum Gasteiger partial charge on any atom is -0.495 e. The summed E-state index contributed by atoms with van der Waals surface area (Å²) < 4.78 is 11.0. The molecule has 2 aromatic rings. The molecular formula is C16H21N3O2. The summed E-state index contributed by atoms with van der Waals surface area (Å²) in [4.78, 5) is 4.06. The molecule has 0 saturated heterocycles. The topological polar surface area (TPSA) is 69.4 Å². The average molecular weight is 287 g/mol. The summed E-state index contributed by atoms with van der Waals surface area (Å²) >= 11 is 0. The van der Waals surface area contributed by atoms with Gasteiger partial charge in [-0.05, 0) is 37.6 Å². The van der Waals surface area contributed by atoms with Gasteiger partial charge in [0.25, 0.3) is 0 Å². The monoisotopic (exact) mass is 287 g/mol. The number of nitrogens with two attached hydrogens (primary N) is 1. The minimum absolute atomic E-state index is 0.152. The molecule has 112 valence electrons. The van der Waals surface area contributed by atoms with Crippen LogP contribution in [0.1, 0.15) is 31.0 Å². The van der Waals surface area contributed by atoms with Gasteiger partial charge in [-0.2, -0.15) is 0 Å². The first kappa shape index (κ1) is 15.3. The fraction of sp³-hybridized carbons (Fsp3) is 0.312. The molecule has 0 bridgehead atoms. The molecule has 5 heteroatoms. The molecule has 5 nitrogen and oxygen atoms in total. The van der Waals surface area contributed by atoms with E-state index in [9.17, 15) is 0 Å². The van der Waals surface area contributed by atoms with E-state index in [1.807, 2.05) is 44.2 Å². The van der Waals surface area contributed by atoms with Crippen LogP contribution in [0.4, 0.5) is 0 Å². The molecule has 0 aliphatic rings. The van der Waals surface area contributed by atoms with Crippen molar-refractivity contribution >= 4 is 0 Å². The van der Waals surface area contributed by atoms with E-state index in [2.05, 4.69) is 10.4 Å². The van der Waals surface area contributed by atoms with Crippen molar-refractivity contribution in [3.63, 3.8) is 0 Å². The maximum atomic E-state index is 5.72. The third-order valence-corrected chi connectivity index (χ3v) is 3.10. The fourth-order valence-corrected chi connectivity index (χ4v) is 2.18. The number of hydrogen-bond donors (Lipinski definition) is 2. The quantitative estimate of drug-likeness (QED) is 0.631. The van der Waals surface area contributed by atoms with Gasteiger partial charge in [0.2, 0.25) is 0 Å². The second kappa shape index (κ2) is 7.06. The van der Waals surface area contributed by atoms with E-state index in [1.165, 1.54) is 0 Å². The zero-order valence-corrected chi connectivity index (χ0v) is 12.5. The van der Waals surface area contributed by atoms with Gasteiger partial charge in [0.05, 0.1) is 25.5 Å². The molecular weight excluding hydrogens is 266 g/mol. The summed E-state index contributed by atoms with van der Waals surface area (Å²) in [6, 6.07) is 9.57. The van der Waals surface area contributed by atoms with Crippen molar-refractivity contribution in [2.45, 2.75) is 26.0 Å². The summed E-state index contributed by atoms with van der Waals surface area (Å²) in [6.07, 6.45) is 3.55. The van der Waals surface area contributed by atoms with Gasteiger partial charge in [0, 0.05) is 11.8 Å². The number of hydrogen-bond acceptors (Lipinski definition) is 5. The van der Waals surface area contributed by atoms with Crippen molar-refractivity contribution in [2.75, 3.05) is 7.11 Å². The van der Waals surface area contributed by atoms with E-state index < -0.39 is 0 Å². The Morgan fingerprint density at radius 3 is 2.43 bits per heavy atom. The fourth-order valence-electron chi connectivity index (χ4n) is 2.18. The van der Waals surface area contributed by atoms with Gasteiger partial charge in [-0.15, -0.1) is 0 Å². The average Bonchev–Trinajstić information content (AvgIpc) is 2.49. The van der Waals surface area contributed by atoms with Crippen LogP contribution in [0, 0.1) is 0 Å². The van der Waals surface area contributed by atoms with Gasteiger partial charge in [-0.3, -0.25) is 10.8 Å². The maximum absolute atomic E-state index is 5.72. The van der Waals surface area contributed by atoms with Crippen molar-refractivity contribution in [3.05, 3.63) is 53.9 Å². The van der Waals surface area contributed by atoms with Crippen molar-refractivity contribution in [3.8, 4) is 11.5 Å². The van der Waals surface area contributed by atoms with E-state index in [4.69, 9.17) is 15.3 Å². The molecule has 0 aliphatic heterocycles. The maximum Gasteiger partial charge on any atom is 0.142 e. The predicted molar refractivity (Wildman–Crippen MR) is 82.2 cm³/mol. The Balaban J connectivity index is 2.29. The zero-order valence-electron chi connectivity index (χ0n) is 12.5. The van der Waals surface area contributed by atoms with Crippen molar-refractivity contribution in [1.82, 2.24) is 10.4 Å². The first-order chi connectivity index (χ1) is 10.2. The second-order valence-corrected chi connectivity index (χ2v) is 4.95. The van der Waals surface area contributed by atoms with Crippen LogP contribution in [-0.4, -0.2) is 18.2 Å². The van der Waals surface area contributed by atoms with E-state index in [0.29, 0.717) is 5.75 Å². The Bertz CT molecular complexity index is 570. The summed E-state index contributed by atoms with van der Waals surface area (Å²) in [5.74, 6) is 7.26. The van der Waals surface area contributed by atoms with Crippen molar-refractivity contribution < 1.29 is 9.47 Å². The molecule has 0 fully saturated rings. The lowest BCUT2D eigenvalue weighted by Crippen LogP contribution is -2.29. The molecule has 21 heavy (non-hydrogen) atoms. The van der Waals surface area contributed by atoms with Crippen molar-refractivity contribution in [2.24, 2.45) is 5.84 Å². The highest BCUT2D eigenvalue weighted by Crippen LogP contribution is 2.29. The molecule has 2 rings (SSSR count). The molecule has 1 aromatic carbocycles. The lowest BCUT2D eigenvalue weighted by molar-refractivity contribution is 0.242. The number of rotatable bonds is 6. The van der Waals surface area contributed by atoms with Crippen LogP contribution in [0.2, 0.25) is 0 Å². The SMILES string of the molecule is COc1cnccc1C(NN)c1ccc(OC(C)C)cc1. The molecule has 1 unspecified atom stereocenters. The number of benzene rings is 1. The lowest BCUT2D eigenvalue weighted by atomic mass is 9.99. The van der Waals surface area contributed by atoms with Crippen LogP contribution in [0.5, 0.6) is 11.5 Å². The molecule has 0 spiro atoms. The van der Waals surface area contributed by atoms with E-state index in [0.717, 1.165) is 16.9 Å².